The normalized spacial score (nSPS) is 21.6. The molecule has 2 aromatic carbocycles. The van der Waals surface area contributed by atoms with Gasteiger partial charge in [0.05, 0.1) is 52.3 Å². The molecule has 2 saturated heterocycles. The molecule has 0 spiro atoms. The molecule has 2 aliphatic rings. The molecule has 2 fully saturated rings. The second kappa shape index (κ2) is 38.8. The molecule has 0 aliphatic carbocycles. The summed E-state index contributed by atoms with van der Waals surface area (Å²) in [7, 11) is -4.28. The summed E-state index contributed by atoms with van der Waals surface area (Å²) in [5.74, 6) is -0.157. The van der Waals surface area contributed by atoms with E-state index in [0.29, 0.717) is 43.7 Å². The van der Waals surface area contributed by atoms with Crippen LogP contribution in [0.2, 0.25) is 0 Å². The van der Waals surface area contributed by atoms with E-state index < -0.39 is 93.2 Å². The van der Waals surface area contributed by atoms with Crippen molar-refractivity contribution in [3.63, 3.8) is 0 Å². The quantitative estimate of drug-likeness (QED) is 0.00832. The van der Waals surface area contributed by atoms with E-state index >= 15 is 0 Å². The van der Waals surface area contributed by atoms with E-state index in [2.05, 4.69) is 65.8 Å². The van der Waals surface area contributed by atoms with Crippen LogP contribution in [0.5, 0.6) is 23.3 Å². The van der Waals surface area contributed by atoms with Crippen LogP contribution < -0.4 is 40.8 Å². The van der Waals surface area contributed by atoms with Crippen LogP contribution in [-0.4, -0.2) is 164 Å². The smallest absolute Gasteiger partial charge is 0.459 e. The Morgan fingerprint density at radius 2 is 1.09 bits per heavy atom. The number of imidazole rings is 2. The number of para-hydroxylation sites is 2. The summed E-state index contributed by atoms with van der Waals surface area (Å²) in [6.45, 7) is 20.7. The number of nitrogens with zero attached hydrogens (tertiary/aromatic N) is 8. The first-order valence-electron chi connectivity index (χ1n) is 29.7. The fourth-order valence-electron chi connectivity index (χ4n) is 8.76. The van der Waals surface area contributed by atoms with Gasteiger partial charge in [-0.2, -0.15) is 25.0 Å². The third-order valence-electron chi connectivity index (χ3n) is 13.6. The summed E-state index contributed by atoms with van der Waals surface area (Å²) >= 11 is 10.3. The van der Waals surface area contributed by atoms with E-state index in [1.807, 2.05) is 6.08 Å². The number of rotatable bonds is 32. The summed E-state index contributed by atoms with van der Waals surface area (Å²) in [6.07, 6.45) is 5.44. The van der Waals surface area contributed by atoms with Crippen LogP contribution in [0, 0.1) is 0 Å². The lowest BCUT2D eigenvalue weighted by atomic mass is 9.96. The monoisotopic (exact) mass is 1430 g/mol. The predicted octanol–water partition coefficient (Wildman–Crippen LogP) is 8.13. The summed E-state index contributed by atoms with van der Waals surface area (Å²) in [4.78, 5) is 48.5. The first-order valence-corrected chi connectivity index (χ1v) is 34.6. The number of nitrogens with one attached hydrogen (secondary N) is 1. The van der Waals surface area contributed by atoms with Gasteiger partial charge < -0.3 is 80.2 Å². The topological polar surface area (TPSA) is 430 Å². The van der Waals surface area contributed by atoms with E-state index in [9.17, 15) is 44.3 Å². The zero-order valence-electron chi connectivity index (χ0n) is 53.0. The lowest BCUT2D eigenvalue weighted by Gasteiger charge is -2.27. The SMILES string of the molecule is C=CCCCCOC(=O)[C@H](C)N.C=CCCCCOC(=O)[C@H](C)NP(=O)(OCC1OC(n2cnc3c(OCCC=C)nc(N)nc32)[C@](C)(O)[C@@H]1O)Oc1ccccc1.C=CCCOc1nc(N)nc2c1ncn2C1OC(CO)[C@@H](O)[C@@]1(C)O.Cl.O=P(Cl)(Cl)Oc1ccccc1. The first kappa shape index (κ1) is 80.6. The number of unbranched alkanes of at least 4 members (excludes halogenated alkanes) is 4. The van der Waals surface area contributed by atoms with Crippen LogP contribution in [0.1, 0.15) is 91.5 Å². The van der Waals surface area contributed by atoms with Crippen molar-refractivity contribution in [2.75, 3.05) is 51.1 Å². The van der Waals surface area contributed by atoms with E-state index in [1.165, 1.54) is 42.6 Å². The molecule has 0 radical (unpaired) electrons. The van der Waals surface area contributed by atoms with Gasteiger partial charge in [0, 0.05) is 22.5 Å². The maximum absolute atomic E-state index is 14.0. The van der Waals surface area contributed by atoms with Gasteiger partial charge >= 0.3 is 25.8 Å². The number of anilines is 2. The lowest BCUT2D eigenvalue weighted by molar-refractivity contribution is -0.146. The van der Waals surface area contributed by atoms with Crippen LogP contribution >= 0.6 is 48.7 Å². The Labute approximate surface area is 565 Å². The van der Waals surface area contributed by atoms with Crippen LogP contribution in [0.3, 0.4) is 0 Å². The fourth-order valence-corrected chi connectivity index (χ4v) is 11.1. The molecule has 0 saturated carbocycles. The molecule has 2 aliphatic heterocycles. The van der Waals surface area contributed by atoms with Gasteiger partial charge in [-0.05, 0) is 103 Å². The van der Waals surface area contributed by atoms with Gasteiger partial charge in [0.1, 0.15) is 59.2 Å². The third kappa shape index (κ3) is 24.0. The van der Waals surface area contributed by atoms with Crippen LogP contribution in [-0.2, 0) is 42.2 Å². The number of nitrogen functional groups attached to an aromatic ring is 2. The Kier molecular flexibility index (Phi) is 32.9. The van der Waals surface area contributed by atoms with Crippen LogP contribution in [0.4, 0.5) is 11.9 Å². The van der Waals surface area contributed by atoms with Crippen molar-refractivity contribution in [1.29, 1.82) is 0 Å². The average Bonchev–Trinajstić information content (AvgIpc) is 1.61. The molecule has 524 valence electrons. The van der Waals surface area contributed by atoms with E-state index in [1.54, 1.807) is 85.8 Å². The van der Waals surface area contributed by atoms with E-state index in [4.69, 9.17) is 77.2 Å². The van der Waals surface area contributed by atoms with Gasteiger partial charge in [0.25, 0.3) is 0 Å². The van der Waals surface area contributed by atoms with Crippen molar-refractivity contribution >= 4 is 94.9 Å². The highest BCUT2D eigenvalue weighted by atomic mass is 35.9. The molecule has 0 amide bonds. The van der Waals surface area contributed by atoms with Gasteiger partial charge in [-0.15, -0.1) is 38.7 Å². The Morgan fingerprint density at radius 3 is 1.51 bits per heavy atom. The minimum Gasteiger partial charge on any atom is -0.476 e. The van der Waals surface area contributed by atoms with Gasteiger partial charge in [0.2, 0.25) is 23.7 Å². The largest absolute Gasteiger partial charge is 0.476 e. The lowest BCUT2D eigenvalue weighted by Crippen LogP contribution is -2.44. The second-order valence-electron chi connectivity index (χ2n) is 21.4. The molecule has 30 nitrogen and oxygen atoms in total. The highest BCUT2D eigenvalue weighted by Gasteiger charge is 2.55. The Hall–Kier alpha value is -6.83. The predicted molar refractivity (Wildman–Crippen MR) is 359 cm³/mol. The Bertz CT molecular complexity index is 3500. The molecule has 5 unspecified atom stereocenters. The van der Waals surface area contributed by atoms with Gasteiger partial charge in [-0.3, -0.25) is 23.2 Å². The van der Waals surface area contributed by atoms with Gasteiger partial charge in [-0.1, -0.05) is 60.7 Å². The number of carbonyl (C=O) groups is 2. The number of fused-ring (bicyclic) bond motifs is 2. The number of hydrogen-bond acceptors (Lipinski definition) is 27. The summed E-state index contributed by atoms with van der Waals surface area (Å²) < 4.78 is 76.6. The van der Waals surface area contributed by atoms with Crippen molar-refractivity contribution in [2.45, 2.75) is 139 Å². The highest BCUT2D eigenvalue weighted by molar-refractivity contribution is 8.05. The molecule has 12 N–H and O–H groups in total. The summed E-state index contributed by atoms with van der Waals surface area (Å²) in [6, 6.07) is 15.2. The van der Waals surface area contributed by atoms with Crippen LogP contribution in [0.25, 0.3) is 22.3 Å². The van der Waals surface area contributed by atoms with E-state index in [-0.39, 0.29) is 77.8 Å². The maximum atomic E-state index is 14.0. The fraction of sp³-hybridized carbons (Fsp3) is 0.467. The molecule has 35 heteroatoms. The van der Waals surface area contributed by atoms with Crippen molar-refractivity contribution in [3.05, 3.63) is 124 Å². The summed E-state index contributed by atoms with van der Waals surface area (Å²) in [5.41, 5.74) is 14.5. The number of aromatic nitrogens is 8. The van der Waals surface area contributed by atoms with Crippen molar-refractivity contribution < 1.29 is 86.2 Å². The maximum Gasteiger partial charge on any atom is 0.459 e. The van der Waals surface area contributed by atoms with E-state index in [0.717, 1.165) is 32.1 Å². The molecule has 95 heavy (non-hydrogen) atoms. The number of nitrogens with two attached hydrogens (primary N) is 3. The minimum absolute atomic E-state index is 0. The van der Waals surface area contributed by atoms with Crippen molar-refractivity contribution in [1.82, 2.24) is 44.1 Å². The van der Waals surface area contributed by atoms with Crippen molar-refractivity contribution in [3.8, 4) is 23.3 Å². The molecular formula is C60H85Cl3N12O18P2. The number of aliphatic hydroxyl groups excluding tert-OH is 3. The van der Waals surface area contributed by atoms with Crippen LogP contribution in [0.15, 0.2) is 124 Å². The zero-order valence-corrected chi connectivity index (χ0v) is 57.1. The molecule has 4 aromatic heterocycles. The first-order chi connectivity index (χ1) is 44.6. The third-order valence-corrected chi connectivity index (χ3v) is 16.1. The molecule has 0 bridgehead atoms. The molecule has 8 rings (SSSR count). The average molecular weight is 1430 g/mol. The standard InChI is InChI=1S/C30H41N6O9P.C15H21N5O5.C9H17NO2.C6H5Cl2O2P.ClH/c1-5-7-9-13-17-42-27(38)20(3)35-46(40,45-21-14-11-10-12-15-21)43-18-22-24(37)30(4,39)28(44-22)36-19-32-23-25(36)33-29(31)34-26(23)41-16-8-6-2;1-3-4-5-24-12-9-11(18-14(16)19-12)20(7-17-9)13-15(2,23)10(22)8(6-21)25-13;1-3-4-5-6-7-12-9(11)8(2)10;7-11(8,9)10-6-4-2-1-3-5-6;/h5-6,10-12,14-15,19-20,22,24,28,37,39H,1-2,7-9,13,16-18H2,3-4H3,(H,35,40)(H2,31,33,34);3,7-8,10,13,21-23H,1,4-6H2,2H3,(H2,16,18,19);3,8H,1,4-7,10H2,2H3;1-5H;1H/t20-,22?,24+,28?,30+,46?;8?,10-,13?,15-;8-;;/m010../s1. The molecule has 11 atom stereocenters. The van der Waals surface area contributed by atoms with Gasteiger partial charge in [-0.25, -0.2) is 19.1 Å². The molecule has 6 aromatic rings. The number of allylic oxidation sites excluding steroid dienone is 2. The Balaban J connectivity index is 0.000000323. The number of ether oxygens (including phenoxy) is 6. The number of carbonyl (C=O) groups excluding carboxylic acids is 2. The molecular weight excluding hydrogens is 1350 g/mol. The number of aliphatic hydroxyl groups is 5. The summed E-state index contributed by atoms with van der Waals surface area (Å²) in [5, 5.41) is 55.2. The zero-order chi connectivity index (χ0) is 69.2. The number of esters is 2. The van der Waals surface area contributed by atoms with Crippen molar-refractivity contribution in [2.24, 2.45) is 5.73 Å². The number of hydrogen-bond donors (Lipinski definition) is 9. The van der Waals surface area contributed by atoms with Gasteiger partial charge in [0.15, 0.2) is 34.8 Å². The number of benzene rings is 2. The molecule has 6 heterocycles. The highest BCUT2D eigenvalue weighted by Crippen LogP contribution is 2.57. The number of halogens is 3. The Morgan fingerprint density at radius 1 is 0.674 bits per heavy atom. The second-order valence-corrected chi connectivity index (χ2v) is 27.3. The minimum atomic E-state index is -4.28.